The maximum atomic E-state index is 13.9. The van der Waals surface area contributed by atoms with Gasteiger partial charge in [-0.15, -0.1) is 0 Å². The lowest BCUT2D eigenvalue weighted by atomic mass is 10.2. The van der Waals surface area contributed by atoms with Crippen molar-refractivity contribution in [1.29, 1.82) is 0 Å². The van der Waals surface area contributed by atoms with Crippen LogP contribution in [0.15, 0.2) is 36.5 Å². The van der Waals surface area contributed by atoms with Crippen molar-refractivity contribution in [3.05, 3.63) is 53.9 Å². The highest BCUT2D eigenvalue weighted by molar-refractivity contribution is 5.94. The lowest BCUT2D eigenvalue weighted by molar-refractivity contribution is 0.0924. The van der Waals surface area contributed by atoms with Gasteiger partial charge in [0, 0.05) is 12.7 Å². The monoisotopic (exact) mass is 327 g/mol. The van der Waals surface area contributed by atoms with Crippen molar-refractivity contribution in [2.24, 2.45) is 0 Å². The molecule has 0 radical (unpaired) electrons. The fourth-order valence-corrected chi connectivity index (χ4v) is 2.57. The Bertz CT molecular complexity index is 953. The molecule has 1 aliphatic heterocycles. The van der Waals surface area contributed by atoms with Gasteiger partial charge in [0.05, 0.1) is 17.8 Å². The van der Waals surface area contributed by atoms with Gasteiger partial charge in [-0.25, -0.2) is 18.7 Å². The Balaban J connectivity index is 1.78. The first-order chi connectivity index (χ1) is 11.6. The third-order valence-corrected chi connectivity index (χ3v) is 3.73. The summed E-state index contributed by atoms with van der Waals surface area (Å²) in [6, 6.07) is 7.05. The average molecular weight is 327 g/mol. The zero-order valence-electron chi connectivity index (χ0n) is 12.3. The van der Waals surface area contributed by atoms with Crippen molar-refractivity contribution in [3.63, 3.8) is 0 Å². The van der Waals surface area contributed by atoms with Gasteiger partial charge in [0.15, 0.2) is 17.5 Å². The minimum atomic E-state index is -1.00. The molecule has 1 N–H and O–H groups in total. The van der Waals surface area contributed by atoms with Crippen LogP contribution in [-0.2, 0) is 6.54 Å². The molecule has 1 amide bonds. The molecule has 0 bridgehead atoms. The predicted molar refractivity (Wildman–Crippen MR) is 80.9 cm³/mol. The predicted octanol–water partition coefficient (Wildman–Crippen LogP) is 2.03. The van der Waals surface area contributed by atoms with Gasteiger partial charge >= 0.3 is 0 Å². The molecule has 3 heterocycles. The van der Waals surface area contributed by atoms with Crippen molar-refractivity contribution in [3.8, 4) is 22.8 Å². The number of aromatic nitrogens is 4. The smallest absolute Gasteiger partial charge is 0.269 e. The van der Waals surface area contributed by atoms with Crippen LogP contribution in [0, 0.1) is 11.6 Å². The summed E-state index contributed by atoms with van der Waals surface area (Å²) in [5.41, 5.74) is 1.31. The van der Waals surface area contributed by atoms with Crippen LogP contribution < -0.4 is 5.32 Å². The van der Waals surface area contributed by atoms with E-state index in [-0.39, 0.29) is 17.3 Å². The fourth-order valence-electron chi connectivity index (χ4n) is 2.57. The van der Waals surface area contributed by atoms with Crippen molar-refractivity contribution >= 4 is 5.91 Å². The van der Waals surface area contributed by atoms with Crippen LogP contribution in [0.25, 0.3) is 22.8 Å². The number of nitrogens with one attached hydrogen (secondary N) is 1. The SMILES string of the molecule is O=C1NCCn2nc(-c3ccnc(-c4cccc(F)c4F)n3)cc21. The normalized spacial score (nSPS) is 13.5. The highest BCUT2D eigenvalue weighted by Crippen LogP contribution is 2.24. The van der Waals surface area contributed by atoms with Crippen molar-refractivity contribution in [2.75, 3.05) is 6.54 Å². The summed E-state index contributed by atoms with van der Waals surface area (Å²) in [6.07, 6.45) is 1.44. The molecular weight excluding hydrogens is 316 g/mol. The third kappa shape index (κ3) is 2.32. The zero-order chi connectivity index (χ0) is 16.7. The van der Waals surface area contributed by atoms with Crippen molar-refractivity contribution in [2.45, 2.75) is 6.54 Å². The number of hydrogen-bond acceptors (Lipinski definition) is 4. The summed E-state index contributed by atoms with van der Waals surface area (Å²) in [4.78, 5) is 20.1. The zero-order valence-corrected chi connectivity index (χ0v) is 12.3. The van der Waals surface area contributed by atoms with Gasteiger partial charge in [0.2, 0.25) is 0 Å². The molecule has 8 heteroatoms. The summed E-state index contributed by atoms with van der Waals surface area (Å²) in [5, 5.41) is 7.07. The molecule has 0 fully saturated rings. The van der Waals surface area contributed by atoms with E-state index in [0.29, 0.717) is 30.2 Å². The van der Waals surface area contributed by atoms with E-state index in [2.05, 4.69) is 20.4 Å². The van der Waals surface area contributed by atoms with Gasteiger partial charge < -0.3 is 5.32 Å². The van der Waals surface area contributed by atoms with Gasteiger partial charge in [0.25, 0.3) is 5.91 Å². The Labute approximate surface area is 135 Å². The molecule has 0 atom stereocenters. The maximum Gasteiger partial charge on any atom is 0.269 e. The van der Waals surface area contributed by atoms with Crippen molar-refractivity contribution < 1.29 is 13.6 Å². The Kier molecular flexibility index (Phi) is 3.30. The third-order valence-electron chi connectivity index (χ3n) is 3.73. The molecule has 120 valence electrons. The van der Waals surface area contributed by atoms with Crippen LogP contribution >= 0.6 is 0 Å². The van der Waals surface area contributed by atoms with Crippen LogP contribution in [0.3, 0.4) is 0 Å². The van der Waals surface area contributed by atoms with Gasteiger partial charge in [-0.1, -0.05) is 6.07 Å². The molecule has 0 aliphatic carbocycles. The van der Waals surface area contributed by atoms with Gasteiger partial charge in [-0.3, -0.25) is 9.48 Å². The maximum absolute atomic E-state index is 13.9. The molecule has 6 nitrogen and oxygen atoms in total. The van der Waals surface area contributed by atoms with E-state index in [9.17, 15) is 13.6 Å². The number of halogens is 2. The fraction of sp³-hybridized carbons (Fsp3) is 0.125. The van der Waals surface area contributed by atoms with Crippen molar-refractivity contribution in [1.82, 2.24) is 25.1 Å². The van der Waals surface area contributed by atoms with Crippen LogP contribution in [0.5, 0.6) is 0 Å². The summed E-state index contributed by atoms with van der Waals surface area (Å²) < 4.78 is 28.9. The van der Waals surface area contributed by atoms with E-state index in [1.165, 1.54) is 18.3 Å². The van der Waals surface area contributed by atoms with E-state index >= 15 is 0 Å². The van der Waals surface area contributed by atoms with E-state index in [4.69, 9.17) is 0 Å². The van der Waals surface area contributed by atoms with Gasteiger partial charge in [0.1, 0.15) is 11.4 Å². The topological polar surface area (TPSA) is 72.7 Å². The summed E-state index contributed by atoms with van der Waals surface area (Å²) in [7, 11) is 0. The number of carbonyl (C=O) groups is 1. The Morgan fingerprint density at radius 1 is 1.17 bits per heavy atom. The number of carbonyl (C=O) groups excluding carboxylic acids is 1. The minimum Gasteiger partial charge on any atom is -0.349 e. The lowest BCUT2D eigenvalue weighted by Gasteiger charge is -2.13. The Morgan fingerprint density at radius 3 is 2.88 bits per heavy atom. The number of nitrogens with zero attached hydrogens (tertiary/aromatic N) is 4. The number of benzene rings is 1. The Morgan fingerprint density at radius 2 is 2.04 bits per heavy atom. The first kappa shape index (κ1) is 14.4. The molecule has 1 aliphatic rings. The van der Waals surface area contributed by atoms with Crippen LogP contribution in [-0.4, -0.2) is 32.2 Å². The van der Waals surface area contributed by atoms with E-state index in [0.717, 1.165) is 6.07 Å². The van der Waals surface area contributed by atoms with Crippen LogP contribution in [0.2, 0.25) is 0 Å². The number of rotatable bonds is 2. The number of fused-ring (bicyclic) bond motifs is 1. The van der Waals surface area contributed by atoms with Gasteiger partial charge in [-0.05, 0) is 24.3 Å². The second kappa shape index (κ2) is 5.48. The highest BCUT2D eigenvalue weighted by atomic mass is 19.2. The van der Waals surface area contributed by atoms with Crippen LogP contribution in [0.4, 0.5) is 8.78 Å². The molecule has 24 heavy (non-hydrogen) atoms. The first-order valence-corrected chi connectivity index (χ1v) is 7.27. The summed E-state index contributed by atoms with van der Waals surface area (Å²) in [5.74, 6) is -2.11. The molecule has 0 saturated carbocycles. The number of hydrogen-bond donors (Lipinski definition) is 1. The molecule has 1 aromatic carbocycles. The van der Waals surface area contributed by atoms with E-state index in [1.807, 2.05) is 0 Å². The average Bonchev–Trinajstić information content (AvgIpc) is 3.03. The second-order valence-electron chi connectivity index (χ2n) is 5.26. The molecular formula is C16H11F2N5O. The quantitative estimate of drug-likeness (QED) is 0.782. The Hall–Kier alpha value is -3.16. The van der Waals surface area contributed by atoms with E-state index < -0.39 is 11.6 Å². The first-order valence-electron chi connectivity index (χ1n) is 7.27. The lowest BCUT2D eigenvalue weighted by Crippen LogP contribution is -2.35. The molecule has 0 spiro atoms. The van der Waals surface area contributed by atoms with Gasteiger partial charge in [-0.2, -0.15) is 5.10 Å². The minimum absolute atomic E-state index is 0.0291. The summed E-state index contributed by atoms with van der Waals surface area (Å²) in [6.45, 7) is 1.08. The molecule has 4 rings (SSSR count). The molecule has 0 unspecified atom stereocenters. The van der Waals surface area contributed by atoms with Crippen LogP contribution in [0.1, 0.15) is 10.5 Å². The summed E-state index contributed by atoms with van der Waals surface area (Å²) >= 11 is 0. The standard InChI is InChI=1S/C16H11F2N5O/c17-10-3-1-2-9(14(10)18)15-19-5-4-11(21-15)12-8-13-16(24)20-6-7-23(13)22-12/h1-5,8H,6-7H2,(H,20,24). The molecule has 3 aromatic rings. The molecule has 0 saturated heterocycles. The second-order valence-corrected chi connectivity index (χ2v) is 5.26. The number of amides is 1. The largest absolute Gasteiger partial charge is 0.349 e. The highest BCUT2D eigenvalue weighted by Gasteiger charge is 2.21. The molecule has 2 aromatic heterocycles. The van der Waals surface area contributed by atoms with E-state index in [1.54, 1.807) is 16.8 Å².